The van der Waals surface area contributed by atoms with Gasteiger partial charge in [0.15, 0.2) is 11.7 Å². The number of nitrogens with zero attached hydrogens (tertiary/aromatic N) is 4. The highest BCUT2D eigenvalue weighted by atomic mass is 127. The number of guanidine groups is 1. The molecule has 0 bridgehead atoms. The van der Waals surface area contributed by atoms with E-state index in [1.165, 1.54) is 45.3 Å². The zero-order chi connectivity index (χ0) is 18.9. The molecular weight excluding hydrogens is 469 g/mol. The van der Waals surface area contributed by atoms with Crippen molar-refractivity contribution < 1.29 is 4.42 Å². The van der Waals surface area contributed by atoms with E-state index in [4.69, 9.17) is 4.42 Å². The molecule has 8 nitrogen and oxygen atoms in total. The van der Waals surface area contributed by atoms with Gasteiger partial charge in [0.1, 0.15) is 5.82 Å². The molecule has 0 spiro atoms. The predicted molar refractivity (Wildman–Crippen MR) is 122 cm³/mol. The molecule has 1 fully saturated rings. The lowest BCUT2D eigenvalue weighted by Gasteiger charge is -2.33. The molecule has 3 rings (SSSR count). The van der Waals surface area contributed by atoms with E-state index in [0.29, 0.717) is 17.6 Å². The molecule has 0 unspecified atom stereocenters. The van der Waals surface area contributed by atoms with Crippen molar-refractivity contribution in [3.63, 3.8) is 0 Å². The minimum Gasteiger partial charge on any atom is -0.461 e. The number of H-pyrrole nitrogens is 1. The third-order valence-electron chi connectivity index (χ3n) is 4.91. The van der Waals surface area contributed by atoms with Gasteiger partial charge in [0, 0.05) is 39.1 Å². The average Bonchev–Trinajstić information content (AvgIpc) is 3.38. The van der Waals surface area contributed by atoms with Crippen LogP contribution in [0.3, 0.4) is 0 Å². The Morgan fingerprint density at radius 1 is 1.39 bits per heavy atom. The maximum Gasteiger partial charge on any atom is 0.216 e. The topological polar surface area (TPSA) is 94.4 Å². The largest absolute Gasteiger partial charge is 0.461 e. The second-order valence-electron chi connectivity index (χ2n) is 6.95. The van der Waals surface area contributed by atoms with Crippen molar-refractivity contribution in [2.24, 2.45) is 4.99 Å². The van der Waals surface area contributed by atoms with Gasteiger partial charge in [-0.05, 0) is 37.9 Å². The second kappa shape index (κ2) is 12.1. The lowest BCUT2D eigenvalue weighted by Crippen LogP contribution is -2.49. The molecule has 0 radical (unpaired) electrons. The van der Waals surface area contributed by atoms with Gasteiger partial charge in [-0.15, -0.1) is 24.0 Å². The molecular formula is C19H32IN7O. The van der Waals surface area contributed by atoms with Crippen LogP contribution in [0.15, 0.2) is 27.8 Å². The van der Waals surface area contributed by atoms with Crippen LogP contribution < -0.4 is 10.6 Å². The molecule has 156 valence electrons. The van der Waals surface area contributed by atoms with Crippen molar-refractivity contribution in [3.8, 4) is 11.6 Å². The Kier molecular flexibility index (Phi) is 9.76. The van der Waals surface area contributed by atoms with E-state index in [1.54, 1.807) is 6.26 Å². The highest BCUT2D eigenvalue weighted by Crippen LogP contribution is 2.14. The van der Waals surface area contributed by atoms with Crippen LogP contribution in [0, 0.1) is 0 Å². The maximum absolute atomic E-state index is 5.31. The third kappa shape index (κ3) is 6.77. The molecule has 0 atom stereocenters. The van der Waals surface area contributed by atoms with Gasteiger partial charge >= 0.3 is 0 Å². The summed E-state index contributed by atoms with van der Waals surface area (Å²) in [5.41, 5.74) is 0. The molecule has 3 N–H and O–H groups in total. The van der Waals surface area contributed by atoms with Crippen LogP contribution in [-0.2, 0) is 6.42 Å². The fourth-order valence-corrected chi connectivity index (χ4v) is 3.29. The number of aromatic nitrogens is 3. The maximum atomic E-state index is 5.31. The van der Waals surface area contributed by atoms with Crippen molar-refractivity contribution >= 4 is 29.9 Å². The van der Waals surface area contributed by atoms with Crippen molar-refractivity contribution in [1.29, 1.82) is 0 Å². The fourth-order valence-electron chi connectivity index (χ4n) is 3.29. The van der Waals surface area contributed by atoms with Crippen LogP contribution in [0.4, 0.5) is 0 Å². The number of aromatic amines is 1. The zero-order valence-corrected chi connectivity index (χ0v) is 19.1. The number of halogens is 1. The summed E-state index contributed by atoms with van der Waals surface area (Å²) in [6.07, 6.45) is 7.26. The van der Waals surface area contributed by atoms with E-state index < -0.39 is 0 Å². The van der Waals surface area contributed by atoms with Crippen molar-refractivity contribution in [3.05, 3.63) is 24.2 Å². The minimum absolute atomic E-state index is 0. The molecule has 2 aromatic rings. The number of aliphatic imine (C=N–C) groups is 1. The molecule has 0 aliphatic carbocycles. The van der Waals surface area contributed by atoms with Crippen LogP contribution in [0.1, 0.15) is 38.4 Å². The summed E-state index contributed by atoms with van der Waals surface area (Å²) in [6, 6.07) is 4.17. The first-order valence-electron chi connectivity index (χ1n) is 9.93. The number of likely N-dealkylation sites (tertiary alicyclic amines) is 1. The van der Waals surface area contributed by atoms with E-state index in [1.807, 2.05) is 19.2 Å². The quantitative estimate of drug-likeness (QED) is 0.293. The van der Waals surface area contributed by atoms with E-state index in [0.717, 1.165) is 24.7 Å². The highest BCUT2D eigenvalue weighted by Gasteiger charge is 2.19. The van der Waals surface area contributed by atoms with Gasteiger partial charge in [-0.2, -0.15) is 5.10 Å². The summed E-state index contributed by atoms with van der Waals surface area (Å²) < 4.78 is 5.31. The van der Waals surface area contributed by atoms with Crippen molar-refractivity contribution in [2.45, 2.75) is 45.1 Å². The molecule has 1 saturated heterocycles. The summed E-state index contributed by atoms with van der Waals surface area (Å²) in [5.74, 6) is 2.95. The van der Waals surface area contributed by atoms with Gasteiger partial charge in [0.05, 0.1) is 6.26 Å². The number of furan rings is 1. The molecule has 3 heterocycles. The van der Waals surface area contributed by atoms with Gasteiger partial charge in [-0.3, -0.25) is 10.1 Å². The van der Waals surface area contributed by atoms with Gasteiger partial charge in [0.25, 0.3) is 0 Å². The average molecular weight is 501 g/mol. The number of rotatable bonds is 8. The molecule has 28 heavy (non-hydrogen) atoms. The first-order chi connectivity index (χ1) is 13.3. The first-order valence-corrected chi connectivity index (χ1v) is 9.93. The van der Waals surface area contributed by atoms with E-state index in [2.05, 4.69) is 42.6 Å². The minimum atomic E-state index is 0. The van der Waals surface area contributed by atoms with E-state index in [-0.39, 0.29) is 24.0 Å². The van der Waals surface area contributed by atoms with Crippen molar-refractivity contribution in [2.75, 3.05) is 33.2 Å². The zero-order valence-electron chi connectivity index (χ0n) is 16.8. The highest BCUT2D eigenvalue weighted by molar-refractivity contribution is 14.0. The SMILES string of the molecule is CCCCN1CCC(NC(=NC)NCCc2nc(-c3ccco3)n[nH]2)CC1.I. The Morgan fingerprint density at radius 3 is 2.89 bits per heavy atom. The smallest absolute Gasteiger partial charge is 0.216 e. The Labute approximate surface area is 184 Å². The van der Waals surface area contributed by atoms with E-state index in [9.17, 15) is 0 Å². The predicted octanol–water partition coefficient (Wildman–Crippen LogP) is 2.65. The Hall–Kier alpha value is -1.62. The van der Waals surface area contributed by atoms with Crippen LogP contribution in [-0.4, -0.2) is 65.3 Å². The fraction of sp³-hybridized carbons (Fsp3) is 0.632. The van der Waals surface area contributed by atoms with Crippen LogP contribution in [0.2, 0.25) is 0 Å². The van der Waals surface area contributed by atoms with Crippen LogP contribution in [0.25, 0.3) is 11.6 Å². The summed E-state index contributed by atoms with van der Waals surface area (Å²) in [7, 11) is 1.81. The molecule has 0 aromatic carbocycles. The van der Waals surface area contributed by atoms with Gasteiger partial charge in [0.2, 0.25) is 5.82 Å². The van der Waals surface area contributed by atoms with Crippen LogP contribution >= 0.6 is 24.0 Å². The number of nitrogens with one attached hydrogen (secondary N) is 3. The molecule has 1 aliphatic heterocycles. The van der Waals surface area contributed by atoms with Crippen molar-refractivity contribution in [1.82, 2.24) is 30.7 Å². The number of hydrogen-bond donors (Lipinski definition) is 3. The number of piperidine rings is 1. The Balaban J connectivity index is 0.00000280. The Bertz CT molecular complexity index is 693. The van der Waals surface area contributed by atoms with E-state index >= 15 is 0 Å². The lowest BCUT2D eigenvalue weighted by molar-refractivity contribution is 0.203. The lowest BCUT2D eigenvalue weighted by atomic mass is 10.0. The number of hydrogen-bond acceptors (Lipinski definition) is 5. The second-order valence-corrected chi connectivity index (χ2v) is 6.95. The summed E-state index contributed by atoms with van der Waals surface area (Å²) in [4.78, 5) is 11.4. The summed E-state index contributed by atoms with van der Waals surface area (Å²) in [5, 5.41) is 14.1. The monoisotopic (exact) mass is 501 g/mol. The molecule has 0 saturated carbocycles. The van der Waals surface area contributed by atoms with Gasteiger partial charge in [-0.25, -0.2) is 4.98 Å². The van der Waals surface area contributed by atoms with Crippen LogP contribution in [0.5, 0.6) is 0 Å². The number of unbranched alkanes of at least 4 members (excludes halogenated alkanes) is 1. The normalized spacial score (nSPS) is 16.0. The molecule has 9 heteroatoms. The Morgan fingerprint density at radius 2 is 2.21 bits per heavy atom. The summed E-state index contributed by atoms with van der Waals surface area (Å²) in [6.45, 7) is 6.56. The summed E-state index contributed by atoms with van der Waals surface area (Å²) >= 11 is 0. The van der Waals surface area contributed by atoms with Gasteiger partial charge < -0.3 is 20.0 Å². The third-order valence-corrected chi connectivity index (χ3v) is 4.91. The molecule has 0 amide bonds. The first kappa shape index (κ1) is 22.7. The molecule has 1 aliphatic rings. The standard InChI is InChI=1S/C19H31N7O.HI/c1-3-4-11-26-12-8-15(9-13-26)22-19(20-2)21-10-7-17-23-18(25-24-17)16-6-5-14-27-16;/h5-6,14-15H,3-4,7-13H2,1-2H3,(H2,20,21,22)(H,23,24,25);1H. The van der Waals surface area contributed by atoms with Gasteiger partial charge in [-0.1, -0.05) is 13.3 Å². The molecule has 2 aromatic heterocycles.